The van der Waals surface area contributed by atoms with Gasteiger partial charge in [0.05, 0.1) is 11.4 Å². The third-order valence-corrected chi connectivity index (χ3v) is 22.5. The van der Waals surface area contributed by atoms with E-state index >= 15 is 0 Å². The first-order chi connectivity index (χ1) is 48.3. The van der Waals surface area contributed by atoms with Crippen LogP contribution in [-0.4, -0.2) is 0 Å². The van der Waals surface area contributed by atoms with Crippen LogP contribution in [0.4, 0.5) is 34.1 Å². The molecule has 6 nitrogen and oxygen atoms in total. The quantitative estimate of drug-likeness (QED) is 0.158. The number of hydrogen-bond donors (Lipinski definition) is 0. The van der Waals surface area contributed by atoms with Crippen LogP contribution < -0.4 is 9.80 Å². The standard InChI is InChI=1S/C92H56N2O4/c1-91(73-45-35-53-19-3-5-21-59(53)87(73)89-71-29-9-7-23-61(71)77(51-75(89)91)93(55-37-41-67-63-25-11-15-31-79(63)95-83(67)47-55)56-38-42-68-64-26-12-16-32-80(64)96-84(68)48-56)92(2)74-46-36-54-20-4-6-22-60(54)88(74)90-72-30-10-8-24-62(72)78(52-76(90)92)94(57-39-43-69-65-27-13-17-33-81(65)97-85(69)49-57)58-40-44-70-66-28-14-18-34-82(66)98-86(70)50-58/h3-52H,1-2H3. The summed E-state index contributed by atoms with van der Waals surface area (Å²) in [5, 5.41) is 18.1. The second kappa shape index (κ2) is 19.5. The van der Waals surface area contributed by atoms with Crippen LogP contribution in [-0.2, 0) is 10.8 Å². The van der Waals surface area contributed by atoms with Crippen molar-refractivity contribution in [1.29, 1.82) is 0 Å². The Bertz CT molecular complexity index is 6260. The van der Waals surface area contributed by atoms with Crippen molar-refractivity contribution >= 4 is 165 Å². The van der Waals surface area contributed by atoms with E-state index in [9.17, 15) is 0 Å². The van der Waals surface area contributed by atoms with E-state index in [1.54, 1.807) is 0 Å². The third-order valence-electron chi connectivity index (χ3n) is 22.5. The van der Waals surface area contributed by atoms with Gasteiger partial charge >= 0.3 is 0 Å². The summed E-state index contributed by atoms with van der Waals surface area (Å²) in [5.41, 5.74) is 21.1. The van der Waals surface area contributed by atoms with Gasteiger partial charge in [-0.1, -0.05) is 208 Å². The largest absolute Gasteiger partial charge is 0.456 e. The van der Waals surface area contributed by atoms with Gasteiger partial charge in [-0.05, 0) is 162 Å². The van der Waals surface area contributed by atoms with Crippen molar-refractivity contribution in [3.8, 4) is 22.3 Å². The lowest BCUT2D eigenvalue weighted by molar-refractivity contribution is 0.376. The number of benzene rings is 16. The smallest absolute Gasteiger partial charge is 0.137 e. The summed E-state index contributed by atoms with van der Waals surface area (Å²) in [7, 11) is 0. The van der Waals surface area contributed by atoms with E-state index in [0.717, 1.165) is 133 Å². The van der Waals surface area contributed by atoms with E-state index in [1.807, 2.05) is 24.3 Å². The van der Waals surface area contributed by atoms with Crippen molar-refractivity contribution in [2.45, 2.75) is 24.7 Å². The molecule has 2 unspecified atom stereocenters. The van der Waals surface area contributed by atoms with Crippen molar-refractivity contribution in [2.24, 2.45) is 0 Å². The Hall–Kier alpha value is -12.6. The van der Waals surface area contributed by atoms with Crippen LogP contribution in [0.25, 0.3) is 153 Å². The van der Waals surface area contributed by atoms with Gasteiger partial charge in [0.15, 0.2) is 0 Å². The van der Waals surface area contributed by atoms with Crippen LogP contribution in [0.3, 0.4) is 0 Å². The molecule has 0 aliphatic heterocycles. The maximum Gasteiger partial charge on any atom is 0.137 e. The summed E-state index contributed by atoms with van der Waals surface area (Å²) in [6, 6.07) is 111. The van der Waals surface area contributed by atoms with Crippen LogP contribution in [0.5, 0.6) is 0 Å². The Balaban J connectivity index is 0.861. The fourth-order valence-electron chi connectivity index (χ4n) is 18.0. The number of rotatable bonds is 7. The maximum absolute atomic E-state index is 6.80. The predicted molar refractivity (Wildman–Crippen MR) is 405 cm³/mol. The van der Waals surface area contributed by atoms with Gasteiger partial charge in [0.2, 0.25) is 0 Å². The van der Waals surface area contributed by atoms with Gasteiger partial charge in [-0.2, -0.15) is 0 Å². The average Bonchev–Trinajstić information content (AvgIpc) is 1.49. The van der Waals surface area contributed by atoms with Crippen molar-refractivity contribution in [1.82, 2.24) is 0 Å². The third kappa shape index (κ3) is 7.09. The lowest BCUT2D eigenvalue weighted by atomic mass is 9.56. The van der Waals surface area contributed by atoms with Crippen molar-refractivity contribution in [3.63, 3.8) is 0 Å². The SMILES string of the molecule is CC1(C2(C)c3ccc4ccccc4c3-c3c2cc(N(c2ccc4c(c2)oc2ccccc24)c2ccc4c(c2)oc2ccccc24)c2ccccc32)c2ccc3ccccc3c2-c2c1cc(N(c1ccc3c(c1)oc1ccccc13)c1ccc3c(c1)oc1ccccc13)c1ccccc21. The molecular formula is C92H56N2O4. The van der Waals surface area contributed by atoms with Crippen molar-refractivity contribution in [2.75, 3.05) is 9.80 Å². The van der Waals surface area contributed by atoms with Crippen molar-refractivity contribution in [3.05, 3.63) is 326 Å². The van der Waals surface area contributed by atoms with Gasteiger partial charge in [0.25, 0.3) is 0 Å². The van der Waals surface area contributed by atoms with E-state index in [1.165, 1.54) is 76.8 Å². The first-order valence-electron chi connectivity index (χ1n) is 33.8. The molecule has 98 heavy (non-hydrogen) atoms. The molecule has 6 heteroatoms. The molecule has 2 atom stereocenters. The monoisotopic (exact) mass is 1250 g/mol. The molecule has 0 bridgehead atoms. The summed E-state index contributed by atoms with van der Waals surface area (Å²) in [6.07, 6.45) is 0. The summed E-state index contributed by atoms with van der Waals surface area (Å²) in [5.74, 6) is 0. The van der Waals surface area contributed by atoms with Gasteiger partial charge in [0.1, 0.15) is 44.7 Å². The zero-order valence-corrected chi connectivity index (χ0v) is 53.4. The van der Waals surface area contributed by atoms with Crippen LogP contribution in [0.15, 0.2) is 321 Å². The summed E-state index contributed by atoms with van der Waals surface area (Å²) >= 11 is 0. The molecule has 2 aliphatic rings. The van der Waals surface area contributed by atoms with Gasteiger partial charge in [-0.15, -0.1) is 0 Å². The molecule has 4 aromatic heterocycles. The highest BCUT2D eigenvalue weighted by Gasteiger charge is 2.59. The highest BCUT2D eigenvalue weighted by Crippen LogP contribution is 2.69. The minimum absolute atomic E-state index is 0.787. The minimum atomic E-state index is -0.787. The fraction of sp³-hybridized carbons (Fsp3) is 0.0435. The van der Waals surface area contributed by atoms with Gasteiger partial charge in [-0.3, -0.25) is 0 Å². The molecule has 0 spiro atoms. The van der Waals surface area contributed by atoms with Crippen LogP contribution in [0, 0.1) is 0 Å². The molecule has 458 valence electrons. The topological polar surface area (TPSA) is 59.0 Å². The van der Waals surface area contributed by atoms with E-state index in [0.29, 0.717) is 0 Å². The highest BCUT2D eigenvalue weighted by atomic mass is 16.3. The predicted octanol–water partition coefficient (Wildman–Crippen LogP) is 26.1. The van der Waals surface area contributed by atoms with Crippen molar-refractivity contribution < 1.29 is 17.7 Å². The second-order valence-electron chi connectivity index (χ2n) is 27.2. The molecule has 0 fully saturated rings. The van der Waals surface area contributed by atoms with E-state index < -0.39 is 10.8 Å². The summed E-state index contributed by atoms with van der Waals surface area (Å²) < 4.78 is 27.2. The van der Waals surface area contributed by atoms with E-state index in [2.05, 4.69) is 303 Å². The zero-order valence-electron chi connectivity index (χ0n) is 53.4. The number of hydrogen-bond acceptors (Lipinski definition) is 6. The molecule has 0 N–H and O–H groups in total. The molecule has 0 radical (unpaired) electrons. The molecule has 0 saturated heterocycles. The number of fused-ring (bicyclic) bond motifs is 26. The first kappa shape index (κ1) is 53.7. The number of anilines is 6. The first-order valence-corrected chi connectivity index (χ1v) is 33.8. The number of nitrogens with zero attached hydrogens (tertiary/aromatic N) is 2. The van der Waals surface area contributed by atoms with Crippen LogP contribution in [0.1, 0.15) is 36.1 Å². The van der Waals surface area contributed by atoms with E-state index in [-0.39, 0.29) is 0 Å². The lowest BCUT2D eigenvalue weighted by Gasteiger charge is -2.46. The van der Waals surface area contributed by atoms with Gasteiger partial charge in [0, 0.05) is 112 Å². The van der Waals surface area contributed by atoms with Crippen LogP contribution in [0.2, 0.25) is 0 Å². The zero-order chi connectivity index (χ0) is 64.3. The normalized spacial score (nSPS) is 15.7. The molecule has 4 heterocycles. The minimum Gasteiger partial charge on any atom is -0.456 e. The molecule has 22 rings (SSSR count). The van der Waals surface area contributed by atoms with Crippen LogP contribution >= 0.6 is 0 Å². The Labute approximate surface area is 561 Å². The molecule has 2 aliphatic carbocycles. The number of furan rings is 4. The molecule has 0 amide bonds. The Morgan fingerprint density at radius 2 is 0.459 bits per heavy atom. The Morgan fingerprint density at radius 3 is 0.786 bits per heavy atom. The fourth-order valence-corrected chi connectivity index (χ4v) is 18.0. The number of para-hydroxylation sites is 4. The lowest BCUT2D eigenvalue weighted by Crippen LogP contribution is -2.44. The van der Waals surface area contributed by atoms with Gasteiger partial charge in [-0.25, -0.2) is 0 Å². The van der Waals surface area contributed by atoms with Gasteiger partial charge < -0.3 is 27.5 Å². The Morgan fingerprint density at radius 1 is 0.204 bits per heavy atom. The highest BCUT2D eigenvalue weighted by molar-refractivity contribution is 6.20. The molecule has 16 aromatic carbocycles. The summed E-state index contributed by atoms with van der Waals surface area (Å²) in [4.78, 5) is 4.91. The maximum atomic E-state index is 6.80. The molecule has 0 saturated carbocycles. The second-order valence-corrected chi connectivity index (χ2v) is 27.2. The average molecular weight is 1250 g/mol. The summed E-state index contributed by atoms with van der Waals surface area (Å²) in [6.45, 7) is 5.14. The Kier molecular flexibility index (Phi) is 10.7. The molecular weight excluding hydrogens is 1200 g/mol. The molecule has 20 aromatic rings. The van der Waals surface area contributed by atoms with E-state index in [4.69, 9.17) is 17.7 Å².